The molecule has 2 aliphatic heterocycles. The molecule has 1 unspecified atom stereocenters. The first kappa shape index (κ1) is 30.3. The number of morpholine rings is 1. The number of benzene rings is 2. The first-order valence-electron chi connectivity index (χ1n) is 14.7. The number of ketones is 1. The third kappa shape index (κ3) is 7.99. The van der Waals surface area contributed by atoms with Gasteiger partial charge in [-0.3, -0.25) is 14.5 Å². The zero-order chi connectivity index (χ0) is 29.0. The van der Waals surface area contributed by atoms with Crippen molar-refractivity contribution in [2.75, 3.05) is 52.6 Å². The number of rotatable bonds is 15. The van der Waals surface area contributed by atoms with Crippen LogP contribution in [-0.4, -0.2) is 79.2 Å². The van der Waals surface area contributed by atoms with E-state index in [2.05, 4.69) is 11.8 Å². The summed E-state index contributed by atoms with van der Waals surface area (Å²) < 4.78 is 17.4. The molecule has 8 heteroatoms. The molecule has 1 fully saturated rings. The number of nitrogens with zero attached hydrogens (tertiary/aromatic N) is 2. The first-order valence-corrected chi connectivity index (χ1v) is 14.7. The minimum atomic E-state index is -0.742. The number of hydrogen-bond donors (Lipinski definition) is 1. The molecule has 1 amide bonds. The van der Waals surface area contributed by atoms with Crippen LogP contribution in [0.25, 0.3) is 6.08 Å². The van der Waals surface area contributed by atoms with Crippen LogP contribution in [0.15, 0.2) is 65.9 Å². The van der Waals surface area contributed by atoms with Gasteiger partial charge in [-0.05, 0) is 49.1 Å². The van der Waals surface area contributed by atoms with Crippen LogP contribution >= 0.6 is 0 Å². The Balaban J connectivity index is 1.62. The first-order chi connectivity index (χ1) is 20.0. The molecule has 0 aliphatic carbocycles. The van der Waals surface area contributed by atoms with Crippen LogP contribution in [0.1, 0.15) is 56.7 Å². The Kier molecular flexibility index (Phi) is 11.4. The number of allylic oxidation sites excluding steroid dienone is 1. The summed E-state index contributed by atoms with van der Waals surface area (Å²) in [5.41, 5.74) is 1.62. The molecule has 1 N–H and O–H groups in total. The van der Waals surface area contributed by atoms with E-state index >= 15 is 0 Å². The molecule has 220 valence electrons. The number of unbranched alkanes of at least 4 members (excludes halogenated alkanes) is 2. The molecule has 0 bridgehead atoms. The highest BCUT2D eigenvalue weighted by atomic mass is 16.5. The molecule has 2 aliphatic rings. The third-order valence-electron chi connectivity index (χ3n) is 7.36. The molecule has 4 rings (SSSR count). The lowest BCUT2D eigenvalue weighted by Crippen LogP contribution is -2.39. The summed E-state index contributed by atoms with van der Waals surface area (Å²) in [5.74, 6) is -0.258. The van der Waals surface area contributed by atoms with Gasteiger partial charge in [0.15, 0.2) is 23.0 Å². The standard InChI is InChI=1S/C33H42N2O6/c1-3-5-9-21-41-28-16-14-26(24-29(28)40-4-2)31-30(27(36)15-13-25-11-7-6-8-12-25)32(37)33(38)35(31)18-10-17-34-19-22-39-23-20-34/h6-8,11-16,24,31,37H,3-5,9-10,17-23H2,1-2H3/b15-13+. The van der Waals surface area contributed by atoms with Gasteiger partial charge in [0.25, 0.3) is 5.91 Å². The van der Waals surface area contributed by atoms with Crippen molar-refractivity contribution in [1.82, 2.24) is 9.80 Å². The molecule has 0 aromatic heterocycles. The van der Waals surface area contributed by atoms with E-state index in [0.29, 0.717) is 56.5 Å². The van der Waals surface area contributed by atoms with Crippen LogP contribution in [-0.2, 0) is 14.3 Å². The Morgan fingerprint density at radius 1 is 1.00 bits per heavy atom. The van der Waals surface area contributed by atoms with Crippen LogP contribution in [0, 0.1) is 0 Å². The average Bonchev–Trinajstić information content (AvgIpc) is 3.25. The molecule has 8 nitrogen and oxygen atoms in total. The second-order valence-electron chi connectivity index (χ2n) is 10.3. The number of hydrogen-bond acceptors (Lipinski definition) is 7. The van der Waals surface area contributed by atoms with Crippen molar-refractivity contribution < 1.29 is 28.9 Å². The molecule has 0 spiro atoms. The second-order valence-corrected chi connectivity index (χ2v) is 10.3. The lowest BCUT2D eigenvalue weighted by Gasteiger charge is -2.30. The summed E-state index contributed by atoms with van der Waals surface area (Å²) in [4.78, 5) is 30.8. The largest absolute Gasteiger partial charge is 0.503 e. The average molecular weight is 563 g/mol. The number of aliphatic hydroxyl groups excluding tert-OH is 1. The van der Waals surface area contributed by atoms with Gasteiger partial charge in [0, 0.05) is 26.2 Å². The highest BCUT2D eigenvalue weighted by Crippen LogP contribution is 2.41. The van der Waals surface area contributed by atoms with Gasteiger partial charge >= 0.3 is 0 Å². The van der Waals surface area contributed by atoms with E-state index in [1.54, 1.807) is 11.0 Å². The van der Waals surface area contributed by atoms with Crippen LogP contribution in [0.2, 0.25) is 0 Å². The van der Waals surface area contributed by atoms with Gasteiger partial charge in [-0.25, -0.2) is 0 Å². The number of carbonyl (C=O) groups excluding carboxylic acids is 2. The zero-order valence-corrected chi connectivity index (χ0v) is 24.2. The Labute approximate surface area is 243 Å². The Hall–Kier alpha value is -3.62. The molecule has 1 saturated heterocycles. The van der Waals surface area contributed by atoms with E-state index in [1.807, 2.05) is 55.5 Å². The van der Waals surface area contributed by atoms with Crippen molar-refractivity contribution in [2.24, 2.45) is 0 Å². The van der Waals surface area contributed by atoms with E-state index in [-0.39, 0.29) is 5.57 Å². The van der Waals surface area contributed by atoms with Gasteiger partial charge in [0.05, 0.1) is 38.0 Å². The maximum atomic E-state index is 13.5. The molecule has 2 aromatic rings. The van der Waals surface area contributed by atoms with Crippen molar-refractivity contribution in [3.05, 3.63) is 77.1 Å². The summed E-state index contributed by atoms with van der Waals surface area (Å²) in [5, 5.41) is 11.0. The molecule has 0 saturated carbocycles. The highest BCUT2D eigenvalue weighted by molar-refractivity contribution is 6.14. The van der Waals surface area contributed by atoms with Gasteiger partial charge in [0.2, 0.25) is 0 Å². The van der Waals surface area contributed by atoms with E-state index in [0.717, 1.165) is 44.5 Å². The van der Waals surface area contributed by atoms with Gasteiger partial charge in [-0.1, -0.05) is 62.2 Å². The van der Waals surface area contributed by atoms with Gasteiger partial charge in [0.1, 0.15) is 0 Å². The van der Waals surface area contributed by atoms with E-state index in [9.17, 15) is 14.7 Å². The van der Waals surface area contributed by atoms with E-state index in [4.69, 9.17) is 14.2 Å². The Morgan fingerprint density at radius 2 is 1.78 bits per heavy atom. The number of carbonyl (C=O) groups is 2. The quantitative estimate of drug-likeness (QED) is 0.231. The van der Waals surface area contributed by atoms with Crippen LogP contribution in [0.5, 0.6) is 11.5 Å². The lowest BCUT2D eigenvalue weighted by molar-refractivity contribution is -0.129. The van der Waals surface area contributed by atoms with Crippen LogP contribution in [0.3, 0.4) is 0 Å². The summed E-state index contributed by atoms with van der Waals surface area (Å²) in [6, 6.07) is 14.2. The summed E-state index contributed by atoms with van der Waals surface area (Å²) in [6.45, 7) is 9.37. The monoisotopic (exact) mass is 562 g/mol. The zero-order valence-electron chi connectivity index (χ0n) is 24.2. The summed E-state index contributed by atoms with van der Waals surface area (Å²) in [6.07, 6.45) is 6.95. The van der Waals surface area contributed by atoms with E-state index in [1.165, 1.54) is 6.08 Å². The predicted molar refractivity (Wildman–Crippen MR) is 159 cm³/mol. The molecule has 2 heterocycles. The SMILES string of the molecule is CCCCCOc1ccc(C2C(C(=O)/C=C/c3ccccc3)=C(O)C(=O)N2CCCN2CCOCC2)cc1OCC. The molecule has 41 heavy (non-hydrogen) atoms. The topological polar surface area (TPSA) is 88.5 Å². The molecule has 0 radical (unpaired) electrons. The van der Waals surface area contributed by atoms with Crippen molar-refractivity contribution in [3.8, 4) is 11.5 Å². The minimum Gasteiger partial charge on any atom is -0.503 e. The summed E-state index contributed by atoms with van der Waals surface area (Å²) in [7, 11) is 0. The maximum absolute atomic E-state index is 13.5. The maximum Gasteiger partial charge on any atom is 0.290 e. The molecule has 2 aromatic carbocycles. The fourth-order valence-electron chi connectivity index (χ4n) is 5.21. The van der Waals surface area contributed by atoms with Gasteiger partial charge in [-0.2, -0.15) is 0 Å². The predicted octanol–water partition coefficient (Wildman–Crippen LogP) is 5.35. The van der Waals surface area contributed by atoms with Crippen molar-refractivity contribution in [2.45, 2.75) is 45.6 Å². The number of ether oxygens (including phenoxy) is 3. The number of amides is 1. The molecular formula is C33H42N2O6. The van der Waals surface area contributed by atoms with Gasteiger partial charge < -0.3 is 24.2 Å². The van der Waals surface area contributed by atoms with Crippen molar-refractivity contribution in [1.29, 1.82) is 0 Å². The van der Waals surface area contributed by atoms with Crippen LogP contribution < -0.4 is 9.47 Å². The number of aliphatic hydroxyl groups is 1. The Morgan fingerprint density at radius 3 is 2.51 bits per heavy atom. The normalized spacial score (nSPS) is 18.0. The lowest BCUT2D eigenvalue weighted by atomic mass is 9.95. The molecule has 1 atom stereocenters. The summed E-state index contributed by atoms with van der Waals surface area (Å²) >= 11 is 0. The minimum absolute atomic E-state index is 0.0765. The molecular weight excluding hydrogens is 520 g/mol. The third-order valence-corrected chi connectivity index (χ3v) is 7.36. The highest BCUT2D eigenvalue weighted by Gasteiger charge is 2.43. The fourth-order valence-corrected chi connectivity index (χ4v) is 5.21. The van der Waals surface area contributed by atoms with Crippen molar-refractivity contribution in [3.63, 3.8) is 0 Å². The smallest absolute Gasteiger partial charge is 0.290 e. The van der Waals surface area contributed by atoms with Crippen LogP contribution in [0.4, 0.5) is 0 Å². The Bertz CT molecular complexity index is 1220. The fraction of sp³-hybridized carbons (Fsp3) is 0.455. The van der Waals surface area contributed by atoms with E-state index < -0.39 is 23.5 Å². The second kappa shape index (κ2) is 15.4. The van der Waals surface area contributed by atoms with Gasteiger partial charge in [-0.15, -0.1) is 0 Å². The van der Waals surface area contributed by atoms with Crippen molar-refractivity contribution >= 4 is 17.8 Å².